The lowest BCUT2D eigenvalue weighted by molar-refractivity contribution is 0.0775. The van der Waals surface area contributed by atoms with Gasteiger partial charge >= 0.3 is 0 Å². The Balaban J connectivity index is 1.64. The fourth-order valence-electron chi connectivity index (χ4n) is 2.80. The molecule has 0 unspecified atom stereocenters. The van der Waals surface area contributed by atoms with E-state index < -0.39 is 16.4 Å². The highest BCUT2D eigenvalue weighted by Crippen LogP contribution is 2.23. The van der Waals surface area contributed by atoms with E-state index >= 15 is 0 Å². The van der Waals surface area contributed by atoms with E-state index in [9.17, 15) is 9.32 Å². The minimum absolute atomic E-state index is 0.379. The molecule has 4 aromatic rings. The molecular weight excluding hydrogens is 376 g/mol. The van der Waals surface area contributed by atoms with Crippen LogP contribution < -0.4 is 0 Å². The van der Waals surface area contributed by atoms with E-state index in [1.54, 1.807) is 30.9 Å². The lowest BCUT2D eigenvalue weighted by Gasteiger charge is -2.16. The largest absolute Gasteiger partial charge is 0.390 e. The highest BCUT2D eigenvalue weighted by Gasteiger charge is 2.16. The number of pyridine rings is 1. The Bertz CT molecular complexity index is 1130. The lowest BCUT2D eigenvalue weighted by atomic mass is 10.1. The molecule has 0 spiro atoms. The van der Waals surface area contributed by atoms with E-state index in [0.717, 1.165) is 16.6 Å². The van der Waals surface area contributed by atoms with Crippen LogP contribution in [0.15, 0.2) is 53.9 Å². The molecule has 3 heterocycles. The van der Waals surface area contributed by atoms with Crippen LogP contribution in [-0.4, -0.2) is 50.6 Å². The molecule has 0 radical (unpaired) electrons. The Hall–Kier alpha value is -2.91. The molecule has 2 N–H and O–H groups in total. The highest BCUT2D eigenvalue weighted by molar-refractivity contribution is 7.85. The van der Waals surface area contributed by atoms with E-state index in [1.165, 1.54) is 6.33 Å². The molecule has 1 atom stereocenters. The monoisotopic (exact) mass is 396 g/mol. The molecule has 9 heteroatoms. The summed E-state index contributed by atoms with van der Waals surface area (Å²) < 4.78 is 14.2. The smallest absolute Gasteiger partial charge is 0.162 e. The first-order valence-corrected chi connectivity index (χ1v) is 10.1. The molecule has 0 bridgehead atoms. The minimum Gasteiger partial charge on any atom is -0.390 e. The van der Waals surface area contributed by atoms with Crippen LogP contribution in [0.5, 0.6) is 0 Å². The predicted octanol–water partition coefficient (Wildman–Crippen LogP) is 2.47. The number of nitrogens with one attached hydrogen (secondary N) is 1. The molecular formula is C19H20N6O2S. The summed E-state index contributed by atoms with van der Waals surface area (Å²) in [6.07, 6.45) is 5.24. The molecule has 0 aliphatic heterocycles. The van der Waals surface area contributed by atoms with Crippen molar-refractivity contribution in [1.82, 2.24) is 29.9 Å². The summed E-state index contributed by atoms with van der Waals surface area (Å²) in [5, 5.41) is 21.8. The second kappa shape index (κ2) is 7.25. The summed E-state index contributed by atoms with van der Waals surface area (Å²) in [5.74, 6) is 1.06. The van der Waals surface area contributed by atoms with Crippen molar-refractivity contribution >= 4 is 21.8 Å². The zero-order valence-corrected chi connectivity index (χ0v) is 16.3. The van der Waals surface area contributed by atoms with Gasteiger partial charge in [0.05, 0.1) is 33.2 Å². The van der Waals surface area contributed by atoms with Crippen LogP contribution in [0.25, 0.3) is 28.1 Å². The van der Waals surface area contributed by atoms with Crippen LogP contribution >= 0.6 is 0 Å². The van der Waals surface area contributed by atoms with Crippen molar-refractivity contribution in [2.45, 2.75) is 30.8 Å². The van der Waals surface area contributed by atoms with Crippen LogP contribution in [0.1, 0.15) is 20.3 Å². The third-order valence-corrected chi connectivity index (χ3v) is 5.65. The van der Waals surface area contributed by atoms with Gasteiger partial charge in [-0.05, 0) is 38.5 Å². The second-order valence-electron chi connectivity index (χ2n) is 7.14. The number of nitrogens with zero attached hydrogens (tertiary/aromatic N) is 5. The molecule has 28 heavy (non-hydrogen) atoms. The van der Waals surface area contributed by atoms with Crippen molar-refractivity contribution < 1.29 is 9.32 Å². The Morgan fingerprint density at radius 2 is 2.07 bits per heavy atom. The van der Waals surface area contributed by atoms with E-state index in [-0.39, 0.29) is 0 Å². The van der Waals surface area contributed by atoms with Crippen molar-refractivity contribution in [2.75, 3.05) is 5.75 Å². The molecule has 8 nitrogen and oxygen atoms in total. The Kier molecular flexibility index (Phi) is 4.78. The van der Waals surface area contributed by atoms with Crippen molar-refractivity contribution in [3.8, 4) is 17.1 Å². The quantitative estimate of drug-likeness (QED) is 0.518. The number of aliphatic hydroxyl groups is 1. The third-order valence-electron chi connectivity index (χ3n) is 4.32. The summed E-state index contributed by atoms with van der Waals surface area (Å²) in [4.78, 5) is 9.29. The first-order valence-electron chi connectivity index (χ1n) is 8.81. The number of rotatable bonds is 6. The number of hydrogen-bond donors (Lipinski definition) is 2. The maximum absolute atomic E-state index is 12.5. The van der Waals surface area contributed by atoms with Crippen LogP contribution in [0.2, 0.25) is 0 Å². The molecule has 0 aliphatic rings. The van der Waals surface area contributed by atoms with E-state index in [2.05, 4.69) is 25.3 Å². The van der Waals surface area contributed by atoms with Crippen LogP contribution in [-0.2, 0) is 10.8 Å². The molecule has 0 amide bonds. The van der Waals surface area contributed by atoms with Gasteiger partial charge in [0.15, 0.2) is 11.5 Å². The van der Waals surface area contributed by atoms with Gasteiger partial charge in [-0.25, -0.2) is 14.6 Å². The SMILES string of the molecule is CC(C)(O)CC[S@@](=O)c1cnc2c(cnn2-c2cccc(-c3ncn[nH]3)c2)c1. The summed E-state index contributed by atoms with van der Waals surface area (Å²) >= 11 is 0. The maximum atomic E-state index is 12.5. The maximum Gasteiger partial charge on any atom is 0.162 e. The molecule has 0 saturated heterocycles. The van der Waals surface area contributed by atoms with Crippen LogP contribution in [0.3, 0.4) is 0 Å². The zero-order chi connectivity index (χ0) is 19.7. The zero-order valence-electron chi connectivity index (χ0n) is 15.5. The molecule has 0 saturated carbocycles. The predicted molar refractivity (Wildman–Crippen MR) is 106 cm³/mol. The van der Waals surface area contributed by atoms with Gasteiger partial charge < -0.3 is 5.11 Å². The van der Waals surface area contributed by atoms with Gasteiger partial charge in [0, 0.05) is 22.9 Å². The van der Waals surface area contributed by atoms with Gasteiger partial charge in [-0.15, -0.1) is 0 Å². The summed E-state index contributed by atoms with van der Waals surface area (Å²) in [6, 6.07) is 9.58. The number of benzene rings is 1. The average Bonchev–Trinajstić information content (AvgIpc) is 3.35. The van der Waals surface area contributed by atoms with Gasteiger partial charge in [0.1, 0.15) is 6.33 Å². The summed E-state index contributed by atoms with van der Waals surface area (Å²) in [5.41, 5.74) is 1.57. The van der Waals surface area contributed by atoms with Gasteiger partial charge in [0.25, 0.3) is 0 Å². The van der Waals surface area contributed by atoms with E-state index in [1.807, 2.05) is 30.3 Å². The van der Waals surface area contributed by atoms with Crippen molar-refractivity contribution in [3.63, 3.8) is 0 Å². The van der Waals surface area contributed by atoms with Gasteiger partial charge in [-0.3, -0.25) is 9.31 Å². The molecule has 3 aromatic heterocycles. The van der Waals surface area contributed by atoms with Gasteiger partial charge in [-0.2, -0.15) is 10.2 Å². The fourth-order valence-corrected chi connectivity index (χ4v) is 4.15. The number of aromatic amines is 1. The Labute approximate surface area is 164 Å². The second-order valence-corrected chi connectivity index (χ2v) is 8.71. The Morgan fingerprint density at radius 1 is 1.21 bits per heavy atom. The molecule has 4 rings (SSSR count). The van der Waals surface area contributed by atoms with Gasteiger partial charge in [0.2, 0.25) is 0 Å². The van der Waals surface area contributed by atoms with E-state index in [4.69, 9.17) is 0 Å². The van der Waals surface area contributed by atoms with Crippen molar-refractivity contribution in [3.05, 3.63) is 49.1 Å². The Morgan fingerprint density at radius 3 is 2.82 bits per heavy atom. The first kappa shape index (κ1) is 18.5. The molecule has 144 valence electrons. The molecule has 0 fully saturated rings. The standard InChI is InChI=1S/C19H20N6O2S/c1-19(2,26)6-7-28(27)16-9-14-10-23-25(18(14)20-11-16)15-5-3-4-13(8-15)17-21-12-22-24-17/h3-5,8-12,26H,6-7H2,1-2H3,(H,21,22,24)/t28-/m1/s1. The number of hydrogen-bond acceptors (Lipinski definition) is 6. The normalized spacial score (nSPS) is 13.1. The van der Waals surface area contributed by atoms with Crippen LogP contribution in [0, 0.1) is 0 Å². The van der Waals surface area contributed by atoms with Gasteiger partial charge in [-0.1, -0.05) is 12.1 Å². The topological polar surface area (TPSA) is 110 Å². The summed E-state index contributed by atoms with van der Waals surface area (Å²) in [6.45, 7) is 3.42. The number of H-pyrrole nitrogens is 1. The third kappa shape index (κ3) is 3.85. The lowest BCUT2D eigenvalue weighted by Crippen LogP contribution is -2.21. The number of fused-ring (bicyclic) bond motifs is 1. The first-order chi connectivity index (χ1) is 13.4. The summed E-state index contributed by atoms with van der Waals surface area (Å²) in [7, 11) is -1.22. The molecule has 0 aliphatic carbocycles. The average molecular weight is 396 g/mol. The van der Waals surface area contributed by atoms with Crippen molar-refractivity contribution in [2.24, 2.45) is 0 Å². The highest BCUT2D eigenvalue weighted by atomic mass is 32.2. The number of aromatic nitrogens is 6. The molecule has 1 aromatic carbocycles. The van der Waals surface area contributed by atoms with E-state index in [0.29, 0.717) is 28.5 Å². The fraction of sp³-hybridized carbons (Fsp3) is 0.263. The minimum atomic E-state index is -1.22. The van der Waals surface area contributed by atoms with Crippen LogP contribution in [0.4, 0.5) is 0 Å². The van der Waals surface area contributed by atoms with Crippen molar-refractivity contribution in [1.29, 1.82) is 0 Å².